The van der Waals surface area contributed by atoms with Crippen molar-refractivity contribution in [2.45, 2.75) is 19.8 Å². The van der Waals surface area contributed by atoms with Crippen LogP contribution < -0.4 is 10.6 Å². The summed E-state index contributed by atoms with van der Waals surface area (Å²) >= 11 is 3.44. The van der Waals surface area contributed by atoms with Gasteiger partial charge < -0.3 is 10.6 Å². The van der Waals surface area contributed by atoms with Crippen LogP contribution in [0, 0.1) is 0 Å². The minimum absolute atomic E-state index is 0. The largest absolute Gasteiger partial charge is 0.325 e. The lowest BCUT2D eigenvalue weighted by molar-refractivity contribution is -0.115. The summed E-state index contributed by atoms with van der Waals surface area (Å²) in [7, 11) is 1.75. The summed E-state index contributed by atoms with van der Waals surface area (Å²) in [6.45, 7) is 4.54. The number of amides is 1. The molecule has 0 heterocycles. The van der Waals surface area contributed by atoms with Gasteiger partial charge in [-0.3, -0.25) is 4.79 Å². The molecule has 5 heteroatoms. The van der Waals surface area contributed by atoms with E-state index in [1.54, 1.807) is 7.05 Å². The highest BCUT2D eigenvalue weighted by atomic mass is 79.9. The molecule has 0 aliphatic carbocycles. The number of carbonyl (C=O) groups is 1. The second-order valence-corrected chi connectivity index (χ2v) is 4.88. The van der Waals surface area contributed by atoms with Crippen LogP contribution in [-0.2, 0) is 4.79 Å². The maximum Gasteiger partial charge on any atom is 0.238 e. The first kappa shape index (κ1) is 16.4. The molecule has 2 N–H and O–H groups in total. The molecule has 1 rings (SSSR count). The van der Waals surface area contributed by atoms with E-state index in [1.807, 2.05) is 18.2 Å². The number of halogens is 2. The molecule has 1 amide bonds. The number of likely N-dealkylation sites (N-methyl/N-ethyl adjacent to an activating group) is 1. The molecule has 0 atom stereocenters. The number of rotatable bonds is 4. The lowest BCUT2D eigenvalue weighted by atomic mass is 10.0. The van der Waals surface area contributed by atoms with E-state index in [1.165, 1.54) is 0 Å². The Bertz CT molecular complexity index is 383. The van der Waals surface area contributed by atoms with Crippen molar-refractivity contribution < 1.29 is 4.79 Å². The Kier molecular flexibility index (Phi) is 7.43. The third kappa shape index (κ3) is 5.06. The van der Waals surface area contributed by atoms with Gasteiger partial charge in [0.1, 0.15) is 0 Å². The van der Waals surface area contributed by atoms with Gasteiger partial charge in [0.2, 0.25) is 5.91 Å². The second kappa shape index (κ2) is 7.69. The first-order chi connectivity index (χ1) is 7.54. The fraction of sp³-hybridized carbons (Fsp3) is 0.417. The lowest BCUT2D eigenvalue weighted by Gasteiger charge is -2.14. The van der Waals surface area contributed by atoms with Crippen LogP contribution in [0.3, 0.4) is 0 Å². The van der Waals surface area contributed by atoms with Crippen molar-refractivity contribution in [2.24, 2.45) is 0 Å². The number of benzene rings is 1. The predicted molar refractivity (Wildman–Crippen MR) is 78.0 cm³/mol. The fourth-order valence-corrected chi connectivity index (χ4v) is 1.86. The van der Waals surface area contributed by atoms with Gasteiger partial charge in [-0.25, -0.2) is 0 Å². The van der Waals surface area contributed by atoms with Gasteiger partial charge in [0.15, 0.2) is 0 Å². The quantitative estimate of drug-likeness (QED) is 0.894. The summed E-state index contributed by atoms with van der Waals surface area (Å²) in [5, 5.41) is 5.72. The zero-order valence-corrected chi connectivity index (χ0v) is 12.6. The number of anilines is 1. The van der Waals surface area contributed by atoms with E-state index in [-0.39, 0.29) is 18.3 Å². The van der Waals surface area contributed by atoms with Crippen molar-refractivity contribution in [1.29, 1.82) is 0 Å². The van der Waals surface area contributed by atoms with E-state index < -0.39 is 0 Å². The fourth-order valence-electron chi connectivity index (χ4n) is 1.48. The normalized spacial score (nSPS) is 9.94. The molecule has 0 unspecified atom stereocenters. The highest BCUT2D eigenvalue weighted by Gasteiger charge is 2.09. The number of nitrogens with one attached hydrogen (secondary N) is 2. The molecule has 3 nitrogen and oxygen atoms in total. The Morgan fingerprint density at radius 2 is 2.06 bits per heavy atom. The summed E-state index contributed by atoms with van der Waals surface area (Å²) in [5.41, 5.74) is 2.03. The topological polar surface area (TPSA) is 41.1 Å². The van der Waals surface area contributed by atoms with Crippen LogP contribution in [0.2, 0.25) is 0 Å². The third-order valence-corrected chi connectivity index (χ3v) is 2.74. The van der Waals surface area contributed by atoms with Crippen LogP contribution in [-0.4, -0.2) is 19.5 Å². The molecular formula is C12H18BrClN2O. The molecule has 1 aromatic carbocycles. The molecule has 0 spiro atoms. The maximum absolute atomic E-state index is 11.5. The van der Waals surface area contributed by atoms with Crippen LogP contribution in [0.1, 0.15) is 25.3 Å². The Balaban J connectivity index is 0.00000256. The van der Waals surface area contributed by atoms with Gasteiger partial charge in [0.25, 0.3) is 0 Å². The number of hydrogen-bond donors (Lipinski definition) is 2. The molecule has 0 radical (unpaired) electrons. The Hall–Kier alpha value is -0.580. The van der Waals surface area contributed by atoms with E-state index in [2.05, 4.69) is 40.4 Å². The van der Waals surface area contributed by atoms with Gasteiger partial charge in [-0.2, -0.15) is 0 Å². The van der Waals surface area contributed by atoms with E-state index in [0.29, 0.717) is 12.5 Å². The number of hydrogen-bond acceptors (Lipinski definition) is 2. The molecule has 96 valence electrons. The van der Waals surface area contributed by atoms with Crippen LogP contribution in [0.15, 0.2) is 22.7 Å². The third-order valence-electron chi connectivity index (χ3n) is 2.25. The van der Waals surface area contributed by atoms with Gasteiger partial charge in [-0.05, 0) is 36.7 Å². The molecule has 0 saturated carbocycles. The SMILES string of the molecule is CNCC(=O)Nc1ccc(Br)cc1C(C)C.Cl. The van der Waals surface area contributed by atoms with Crippen LogP contribution >= 0.6 is 28.3 Å². The zero-order chi connectivity index (χ0) is 12.1. The van der Waals surface area contributed by atoms with Gasteiger partial charge in [-0.1, -0.05) is 29.8 Å². The average Bonchev–Trinajstić information content (AvgIpc) is 2.20. The van der Waals surface area contributed by atoms with Gasteiger partial charge in [0, 0.05) is 10.2 Å². The Morgan fingerprint density at radius 3 is 2.59 bits per heavy atom. The van der Waals surface area contributed by atoms with E-state index in [4.69, 9.17) is 0 Å². The first-order valence-corrected chi connectivity index (χ1v) is 6.07. The molecule has 17 heavy (non-hydrogen) atoms. The summed E-state index contributed by atoms with van der Waals surface area (Å²) < 4.78 is 1.03. The molecular weight excluding hydrogens is 304 g/mol. The Labute approximate surface area is 117 Å². The van der Waals surface area contributed by atoms with Gasteiger partial charge in [0.05, 0.1) is 6.54 Å². The van der Waals surface area contributed by atoms with Gasteiger partial charge in [-0.15, -0.1) is 12.4 Å². The standard InChI is InChI=1S/C12H17BrN2O.ClH/c1-8(2)10-6-9(13)4-5-11(10)15-12(16)7-14-3;/h4-6,8,14H,7H2,1-3H3,(H,15,16);1H. The predicted octanol–water partition coefficient (Wildman–Crippen LogP) is 3.15. The molecule has 0 fully saturated rings. The number of carbonyl (C=O) groups excluding carboxylic acids is 1. The molecule has 1 aromatic rings. The van der Waals surface area contributed by atoms with E-state index >= 15 is 0 Å². The summed E-state index contributed by atoms with van der Waals surface area (Å²) in [6, 6.07) is 5.90. The van der Waals surface area contributed by atoms with Crippen LogP contribution in [0.5, 0.6) is 0 Å². The maximum atomic E-state index is 11.5. The van der Waals surface area contributed by atoms with Crippen molar-refractivity contribution in [1.82, 2.24) is 5.32 Å². The second-order valence-electron chi connectivity index (χ2n) is 3.96. The van der Waals surface area contributed by atoms with Gasteiger partial charge >= 0.3 is 0 Å². The molecule has 0 aliphatic rings. The molecule has 0 aromatic heterocycles. The Morgan fingerprint density at radius 1 is 1.41 bits per heavy atom. The lowest BCUT2D eigenvalue weighted by Crippen LogP contribution is -2.25. The summed E-state index contributed by atoms with van der Waals surface area (Å²) in [4.78, 5) is 11.5. The van der Waals surface area contributed by atoms with Crippen molar-refractivity contribution in [2.75, 3.05) is 18.9 Å². The average molecular weight is 322 g/mol. The van der Waals surface area contributed by atoms with Crippen molar-refractivity contribution >= 4 is 39.9 Å². The zero-order valence-electron chi connectivity index (χ0n) is 10.2. The molecule has 0 bridgehead atoms. The van der Waals surface area contributed by atoms with Crippen molar-refractivity contribution in [3.05, 3.63) is 28.2 Å². The first-order valence-electron chi connectivity index (χ1n) is 5.28. The molecule has 0 aliphatic heterocycles. The minimum Gasteiger partial charge on any atom is -0.325 e. The minimum atomic E-state index is -0.0216. The van der Waals surface area contributed by atoms with Crippen molar-refractivity contribution in [3.63, 3.8) is 0 Å². The van der Waals surface area contributed by atoms with Crippen LogP contribution in [0.4, 0.5) is 5.69 Å². The van der Waals surface area contributed by atoms with E-state index in [0.717, 1.165) is 15.7 Å². The summed E-state index contributed by atoms with van der Waals surface area (Å²) in [6.07, 6.45) is 0. The summed E-state index contributed by atoms with van der Waals surface area (Å²) in [5.74, 6) is 0.356. The molecule has 0 saturated heterocycles. The monoisotopic (exact) mass is 320 g/mol. The van der Waals surface area contributed by atoms with Crippen molar-refractivity contribution in [3.8, 4) is 0 Å². The van der Waals surface area contributed by atoms with E-state index in [9.17, 15) is 4.79 Å². The van der Waals surface area contributed by atoms with Crippen LogP contribution in [0.25, 0.3) is 0 Å². The highest BCUT2D eigenvalue weighted by molar-refractivity contribution is 9.10. The highest BCUT2D eigenvalue weighted by Crippen LogP contribution is 2.27. The smallest absolute Gasteiger partial charge is 0.238 e.